The average molecular weight is 240 g/mol. The normalized spacial score (nSPS) is 13.9. The molecule has 1 N–H and O–H groups in total. The Morgan fingerprint density at radius 3 is 2.71 bits per heavy atom. The minimum absolute atomic E-state index is 0.255. The molecule has 0 aliphatic rings. The molecule has 1 aromatic heterocycles. The van der Waals surface area contributed by atoms with Gasteiger partial charge in [0.15, 0.2) is 0 Å². The standard InChI is InChI=1S/C7H6F2O3S2/c8-7(9,6(10)11)4-14(12)5-2-1-3-13-5/h1-3H,4H2,(H,10,11). The molecule has 0 aromatic carbocycles. The molecule has 0 saturated carbocycles. The Labute approximate surface area is 84.8 Å². The number of hydrogen-bond donors (Lipinski definition) is 1. The van der Waals surface area contributed by atoms with Crippen molar-refractivity contribution in [2.45, 2.75) is 10.1 Å². The van der Waals surface area contributed by atoms with Crippen LogP contribution in [0.5, 0.6) is 0 Å². The Kier molecular flexibility index (Phi) is 3.33. The third-order valence-corrected chi connectivity index (χ3v) is 4.06. The van der Waals surface area contributed by atoms with Crippen molar-refractivity contribution in [2.24, 2.45) is 0 Å². The van der Waals surface area contributed by atoms with Gasteiger partial charge in [-0.25, -0.2) is 4.79 Å². The molecule has 7 heteroatoms. The van der Waals surface area contributed by atoms with Crippen molar-refractivity contribution >= 4 is 28.1 Å². The van der Waals surface area contributed by atoms with E-state index in [1.807, 2.05) is 0 Å². The Bertz CT molecular complexity index is 348. The lowest BCUT2D eigenvalue weighted by Gasteiger charge is -2.08. The Balaban J connectivity index is 2.71. The van der Waals surface area contributed by atoms with Gasteiger partial charge in [0, 0.05) is 0 Å². The molecule has 14 heavy (non-hydrogen) atoms. The highest BCUT2D eigenvalue weighted by atomic mass is 32.2. The molecule has 0 aliphatic heterocycles. The fourth-order valence-corrected chi connectivity index (χ4v) is 2.74. The summed E-state index contributed by atoms with van der Waals surface area (Å²) in [5.74, 6) is -7.36. The van der Waals surface area contributed by atoms with Crippen LogP contribution < -0.4 is 0 Å². The maximum Gasteiger partial charge on any atom is 0.375 e. The fraction of sp³-hybridized carbons (Fsp3) is 0.286. The summed E-state index contributed by atoms with van der Waals surface area (Å²) in [5, 5.41) is 9.70. The SMILES string of the molecule is O=C(O)C(F)(F)CS(=O)c1cccs1. The van der Waals surface area contributed by atoms with Crippen LogP contribution in [0.2, 0.25) is 0 Å². The van der Waals surface area contributed by atoms with E-state index >= 15 is 0 Å². The number of carbonyl (C=O) groups is 1. The van der Waals surface area contributed by atoms with Gasteiger partial charge in [-0.05, 0) is 11.4 Å². The molecule has 0 saturated heterocycles. The molecule has 0 aliphatic carbocycles. The lowest BCUT2D eigenvalue weighted by atomic mass is 10.4. The zero-order valence-corrected chi connectivity index (χ0v) is 8.41. The summed E-state index contributed by atoms with van der Waals surface area (Å²) in [6, 6.07) is 3.00. The highest BCUT2D eigenvalue weighted by molar-refractivity contribution is 7.87. The lowest BCUT2D eigenvalue weighted by molar-refractivity contribution is -0.161. The second-order valence-electron chi connectivity index (χ2n) is 2.43. The predicted octanol–water partition coefficient (Wildman–Crippen LogP) is 1.58. The second-order valence-corrected chi connectivity index (χ2v) is 5.06. The van der Waals surface area contributed by atoms with Gasteiger partial charge in [0.2, 0.25) is 0 Å². The molecule has 1 atom stereocenters. The largest absolute Gasteiger partial charge is 0.477 e. The van der Waals surface area contributed by atoms with Gasteiger partial charge >= 0.3 is 11.9 Å². The Hall–Kier alpha value is -0.820. The molecular weight excluding hydrogens is 234 g/mol. The monoisotopic (exact) mass is 240 g/mol. The molecule has 1 rings (SSSR count). The molecule has 0 spiro atoms. The van der Waals surface area contributed by atoms with E-state index in [0.29, 0.717) is 0 Å². The van der Waals surface area contributed by atoms with Crippen LogP contribution in [-0.4, -0.2) is 27.0 Å². The van der Waals surface area contributed by atoms with Crippen molar-refractivity contribution in [3.63, 3.8) is 0 Å². The number of halogens is 2. The maximum atomic E-state index is 12.6. The van der Waals surface area contributed by atoms with Crippen LogP contribution in [-0.2, 0) is 15.6 Å². The summed E-state index contributed by atoms with van der Waals surface area (Å²) in [5.41, 5.74) is 0. The highest BCUT2D eigenvalue weighted by Crippen LogP contribution is 2.21. The zero-order valence-electron chi connectivity index (χ0n) is 6.78. The molecular formula is C7H6F2O3S2. The van der Waals surface area contributed by atoms with Crippen molar-refractivity contribution in [2.75, 3.05) is 5.75 Å². The van der Waals surface area contributed by atoms with Crippen molar-refractivity contribution < 1.29 is 22.9 Å². The van der Waals surface area contributed by atoms with Gasteiger partial charge in [-0.1, -0.05) is 6.07 Å². The third kappa shape index (κ3) is 2.58. The minimum atomic E-state index is -3.94. The number of hydrogen-bond acceptors (Lipinski definition) is 3. The molecule has 1 heterocycles. The first-order valence-electron chi connectivity index (χ1n) is 3.46. The number of carboxylic acid groups (broad SMARTS) is 1. The van der Waals surface area contributed by atoms with E-state index in [2.05, 4.69) is 0 Å². The van der Waals surface area contributed by atoms with E-state index in [4.69, 9.17) is 5.11 Å². The van der Waals surface area contributed by atoms with E-state index in [0.717, 1.165) is 11.3 Å². The Morgan fingerprint density at radius 1 is 1.64 bits per heavy atom. The van der Waals surface area contributed by atoms with Gasteiger partial charge in [-0.2, -0.15) is 8.78 Å². The maximum absolute atomic E-state index is 12.6. The first-order chi connectivity index (χ1) is 6.43. The smallest absolute Gasteiger partial charge is 0.375 e. The van der Waals surface area contributed by atoms with Gasteiger partial charge in [0.1, 0.15) is 5.75 Å². The van der Waals surface area contributed by atoms with Crippen LogP contribution in [0.25, 0.3) is 0 Å². The van der Waals surface area contributed by atoms with Crippen LogP contribution in [0, 0.1) is 0 Å². The van der Waals surface area contributed by atoms with Crippen molar-refractivity contribution in [1.29, 1.82) is 0 Å². The van der Waals surface area contributed by atoms with E-state index in [1.165, 1.54) is 6.07 Å². The second kappa shape index (κ2) is 4.14. The molecule has 0 radical (unpaired) electrons. The predicted molar refractivity (Wildman–Crippen MR) is 48.2 cm³/mol. The van der Waals surface area contributed by atoms with Gasteiger partial charge in [-0.15, -0.1) is 11.3 Å². The molecule has 0 bridgehead atoms. The highest BCUT2D eigenvalue weighted by Gasteiger charge is 2.41. The van der Waals surface area contributed by atoms with Crippen LogP contribution in [0.4, 0.5) is 8.78 Å². The molecule has 1 aromatic rings. The fourth-order valence-electron chi connectivity index (χ4n) is 0.691. The molecule has 3 nitrogen and oxygen atoms in total. The zero-order chi connectivity index (χ0) is 10.8. The van der Waals surface area contributed by atoms with E-state index in [9.17, 15) is 17.8 Å². The quantitative estimate of drug-likeness (QED) is 0.869. The van der Waals surface area contributed by atoms with E-state index < -0.39 is 28.4 Å². The molecule has 0 amide bonds. The van der Waals surface area contributed by atoms with Crippen molar-refractivity contribution in [3.05, 3.63) is 17.5 Å². The third-order valence-electron chi connectivity index (χ3n) is 1.34. The van der Waals surface area contributed by atoms with Gasteiger partial charge in [0.05, 0.1) is 15.0 Å². The van der Waals surface area contributed by atoms with Gasteiger partial charge in [-0.3, -0.25) is 4.21 Å². The first-order valence-corrected chi connectivity index (χ1v) is 5.66. The summed E-state index contributed by atoms with van der Waals surface area (Å²) in [6.45, 7) is 0. The summed E-state index contributed by atoms with van der Waals surface area (Å²) < 4.78 is 36.7. The first kappa shape index (κ1) is 11.3. The number of aliphatic carboxylic acids is 1. The van der Waals surface area contributed by atoms with Crippen LogP contribution in [0.1, 0.15) is 0 Å². The van der Waals surface area contributed by atoms with Crippen LogP contribution >= 0.6 is 11.3 Å². The number of thiophene rings is 1. The lowest BCUT2D eigenvalue weighted by Crippen LogP contribution is -2.34. The average Bonchev–Trinajstić information content (AvgIpc) is 2.54. The number of alkyl halides is 2. The number of carboxylic acids is 1. The molecule has 0 fully saturated rings. The number of rotatable bonds is 4. The molecule has 78 valence electrons. The van der Waals surface area contributed by atoms with E-state index in [1.54, 1.807) is 11.4 Å². The summed E-state index contributed by atoms with van der Waals surface area (Å²) >= 11 is 1.06. The van der Waals surface area contributed by atoms with E-state index in [-0.39, 0.29) is 4.21 Å². The molecule has 1 unspecified atom stereocenters. The van der Waals surface area contributed by atoms with Crippen LogP contribution in [0.3, 0.4) is 0 Å². The van der Waals surface area contributed by atoms with Crippen LogP contribution in [0.15, 0.2) is 21.7 Å². The summed E-state index contributed by atoms with van der Waals surface area (Å²) in [4.78, 5) is 10.0. The Morgan fingerprint density at radius 2 is 2.29 bits per heavy atom. The minimum Gasteiger partial charge on any atom is -0.477 e. The van der Waals surface area contributed by atoms with Gasteiger partial charge < -0.3 is 5.11 Å². The van der Waals surface area contributed by atoms with Crippen molar-refractivity contribution in [3.8, 4) is 0 Å². The topological polar surface area (TPSA) is 54.4 Å². The summed E-state index contributed by atoms with van der Waals surface area (Å²) in [7, 11) is -1.95. The van der Waals surface area contributed by atoms with Gasteiger partial charge in [0.25, 0.3) is 0 Å². The van der Waals surface area contributed by atoms with Crippen molar-refractivity contribution in [1.82, 2.24) is 0 Å². The summed E-state index contributed by atoms with van der Waals surface area (Å²) in [6.07, 6.45) is 0.